The molecule has 39 heavy (non-hydrogen) atoms. The first-order valence-electron chi connectivity index (χ1n) is 13.3. The predicted octanol–water partition coefficient (Wildman–Crippen LogP) is 10.9. The van der Waals surface area contributed by atoms with Crippen molar-refractivity contribution < 1.29 is 0 Å². The average molecular weight is 640 g/mol. The van der Waals surface area contributed by atoms with Crippen LogP contribution in [0.5, 0.6) is 0 Å². The third kappa shape index (κ3) is 4.34. The van der Waals surface area contributed by atoms with Crippen LogP contribution in [-0.4, -0.2) is 11.9 Å². The van der Waals surface area contributed by atoms with Crippen LogP contribution < -0.4 is 4.90 Å². The van der Waals surface area contributed by atoms with Crippen LogP contribution in [0.2, 0.25) is 0 Å². The van der Waals surface area contributed by atoms with Crippen molar-refractivity contribution in [1.82, 2.24) is 4.90 Å². The van der Waals surface area contributed by atoms with E-state index in [1.807, 2.05) is 0 Å². The summed E-state index contributed by atoms with van der Waals surface area (Å²) in [7, 11) is 2.24. The fraction of sp³-hybridized carbons (Fsp3) is 0.200. The molecule has 4 heteroatoms. The average Bonchev–Trinajstić information content (AvgIpc) is 3.07. The highest BCUT2D eigenvalue weighted by Crippen LogP contribution is 2.50. The molecular weight excluding hydrogens is 608 g/mol. The zero-order valence-electron chi connectivity index (χ0n) is 23.0. The molecule has 2 nitrogen and oxygen atoms in total. The van der Waals surface area contributed by atoms with Gasteiger partial charge in [0.15, 0.2) is 0 Å². The van der Waals surface area contributed by atoms with E-state index in [2.05, 4.69) is 180 Å². The molecule has 0 amide bonds. The van der Waals surface area contributed by atoms with Gasteiger partial charge in [-0.15, -0.1) is 0 Å². The summed E-state index contributed by atoms with van der Waals surface area (Å²) in [5, 5.41) is 2.47. The molecule has 0 radical (unpaired) electrons. The SMILES string of the molecule is CN1C(C)(C)c2ccc(-c3ccc(N(c4ccc(Br)cc4)c4ccc(Br)cc4)c4ccccc34)cc2C1(C)C. The number of anilines is 3. The summed E-state index contributed by atoms with van der Waals surface area (Å²) in [5.41, 5.74) is 8.68. The summed E-state index contributed by atoms with van der Waals surface area (Å²) < 4.78 is 2.13. The molecule has 0 spiro atoms. The first kappa shape index (κ1) is 26.3. The molecule has 0 saturated carbocycles. The molecule has 6 rings (SSSR count). The fourth-order valence-electron chi connectivity index (χ4n) is 6.15. The van der Waals surface area contributed by atoms with Crippen LogP contribution in [0.15, 0.2) is 112 Å². The summed E-state index contributed by atoms with van der Waals surface area (Å²) >= 11 is 7.21. The second kappa shape index (κ2) is 9.62. The minimum Gasteiger partial charge on any atom is -0.310 e. The molecule has 5 aromatic rings. The lowest BCUT2D eigenvalue weighted by Crippen LogP contribution is -2.42. The number of halogens is 2. The van der Waals surface area contributed by atoms with Gasteiger partial charge in [-0.05, 0) is 123 Å². The first-order chi connectivity index (χ1) is 18.6. The van der Waals surface area contributed by atoms with Crippen LogP contribution in [-0.2, 0) is 11.1 Å². The second-order valence-electron chi connectivity index (χ2n) is 11.4. The molecule has 1 aliphatic heterocycles. The van der Waals surface area contributed by atoms with Crippen molar-refractivity contribution in [2.75, 3.05) is 11.9 Å². The van der Waals surface area contributed by atoms with Crippen molar-refractivity contribution >= 4 is 59.7 Å². The molecule has 0 aliphatic carbocycles. The van der Waals surface area contributed by atoms with Crippen LogP contribution in [0.25, 0.3) is 21.9 Å². The van der Waals surface area contributed by atoms with Gasteiger partial charge < -0.3 is 4.90 Å². The fourth-order valence-corrected chi connectivity index (χ4v) is 6.68. The van der Waals surface area contributed by atoms with Crippen LogP contribution in [0.3, 0.4) is 0 Å². The van der Waals surface area contributed by atoms with Gasteiger partial charge in [0.05, 0.1) is 5.69 Å². The van der Waals surface area contributed by atoms with Gasteiger partial charge in [0.25, 0.3) is 0 Å². The number of fused-ring (bicyclic) bond motifs is 2. The Balaban J connectivity index is 1.55. The zero-order chi connectivity index (χ0) is 27.5. The van der Waals surface area contributed by atoms with E-state index in [1.165, 1.54) is 33.0 Å². The molecule has 0 unspecified atom stereocenters. The summed E-state index contributed by atoms with van der Waals surface area (Å²) in [5.74, 6) is 0. The van der Waals surface area contributed by atoms with E-state index >= 15 is 0 Å². The first-order valence-corrected chi connectivity index (χ1v) is 14.9. The van der Waals surface area contributed by atoms with Gasteiger partial charge in [-0.25, -0.2) is 0 Å². The Morgan fingerprint density at radius 2 is 1.13 bits per heavy atom. The van der Waals surface area contributed by atoms with Gasteiger partial charge in [-0.1, -0.05) is 74.3 Å². The van der Waals surface area contributed by atoms with Gasteiger partial charge in [-0.2, -0.15) is 0 Å². The Hall–Kier alpha value is -2.92. The maximum atomic E-state index is 3.60. The molecule has 0 N–H and O–H groups in total. The van der Waals surface area contributed by atoms with Crippen LogP contribution in [0.1, 0.15) is 38.8 Å². The lowest BCUT2D eigenvalue weighted by molar-refractivity contribution is 0.0730. The molecule has 0 atom stereocenters. The van der Waals surface area contributed by atoms with Gasteiger partial charge in [0.2, 0.25) is 0 Å². The van der Waals surface area contributed by atoms with Crippen LogP contribution >= 0.6 is 31.9 Å². The maximum Gasteiger partial charge on any atom is 0.0540 e. The standard InChI is InChI=1S/C35H32Br2N2/c1-34(2)31-20-10-23(22-32(31)35(3,4)38(34)5)28-19-21-33(30-9-7-6-8-29(28)30)39(26-15-11-24(36)12-16-26)27-17-13-25(37)14-18-27/h6-22H,1-5H3. The second-order valence-corrected chi connectivity index (χ2v) is 13.2. The van der Waals surface area contributed by atoms with Crippen molar-refractivity contribution in [3.63, 3.8) is 0 Å². The van der Waals surface area contributed by atoms with E-state index in [9.17, 15) is 0 Å². The Kier molecular flexibility index (Phi) is 6.49. The van der Waals surface area contributed by atoms with E-state index in [-0.39, 0.29) is 11.1 Å². The Labute approximate surface area is 248 Å². The topological polar surface area (TPSA) is 6.48 Å². The maximum absolute atomic E-state index is 3.60. The van der Waals surface area contributed by atoms with Gasteiger partial charge in [-0.3, -0.25) is 4.90 Å². The molecule has 1 aliphatic rings. The predicted molar refractivity (Wildman–Crippen MR) is 173 cm³/mol. The lowest BCUT2D eigenvalue weighted by atomic mass is 9.87. The van der Waals surface area contributed by atoms with Crippen LogP contribution in [0, 0.1) is 0 Å². The number of nitrogens with zero attached hydrogens (tertiary/aromatic N) is 2. The third-order valence-electron chi connectivity index (χ3n) is 8.64. The highest BCUT2D eigenvalue weighted by Gasteiger charge is 2.46. The highest BCUT2D eigenvalue weighted by molar-refractivity contribution is 9.10. The minimum absolute atomic E-state index is 0.000847. The number of rotatable bonds is 4. The van der Waals surface area contributed by atoms with E-state index in [0.717, 1.165) is 26.0 Å². The Morgan fingerprint density at radius 3 is 1.72 bits per heavy atom. The number of benzene rings is 5. The smallest absolute Gasteiger partial charge is 0.0540 e. The van der Waals surface area contributed by atoms with E-state index in [0.29, 0.717) is 0 Å². The summed E-state index contributed by atoms with van der Waals surface area (Å²) in [6.45, 7) is 9.31. The van der Waals surface area contributed by atoms with E-state index in [4.69, 9.17) is 0 Å². The minimum atomic E-state index is -0.0371. The molecule has 1 heterocycles. The summed E-state index contributed by atoms with van der Waals surface area (Å²) in [6.07, 6.45) is 0. The van der Waals surface area contributed by atoms with Crippen molar-refractivity contribution in [2.24, 2.45) is 0 Å². The van der Waals surface area contributed by atoms with Crippen molar-refractivity contribution in [1.29, 1.82) is 0 Å². The summed E-state index contributed by atoms with van der Waals surface area (Å²) in [4.78, 5) is 4.83. The molecule has 196 valence electrons. The monoisotopic (exact) mass is 638 g/mol. The van der Waals surface area contributed by atoms with Gasteiger partial charge in [0, 0.05) is 36.8 Å². The molecule has 0 saturated heterocycles. The highest BCUT2D eigenvalue weighted by atomic mass is 79.9. The zero-order valence-corrected chi connectivity index (χ0v) is 26.1. The van der Waals surface area contributed by atoms with Crippen LogP contribution in [0.4, 0.5) is 17.1 Å². The molecular formula is C35H32Br2N2. The number of hydrogen-bond donors (Lipinski definition) is 0. The summed E-state index contributed by atoms with van der Waals surface area (Å²) in [6, 6.07) is 37.5. The third-order valence-corrected chi connectivity index (χ3v) is 9.69. The molecule has 0 fully saturated rings. The van der Waals surface area contributed by atoms with E-state index in [1.54, 1.807) is 0 Å². The Morgan fingerprint density at radius 1 is 0.590 bits per heavy atom. The normalized spacial score (nSPS) is 15.9. The van der Waals surface area contributed by atoms with Crippen molar-refractivity contribution in [2.45, 2.75) is 38.8 Å². The van der Waals surface area contributed by atoms with E-state index < -0.39 is 0 Å². The Bertz CT molecular complexity index is 1640. The van der Waals surface area contributed by atoms with Gasteiger partial charge in [0.1, 0.15) is 0 Å². The largest absolute Gasteiger partial charge is 0.310 e. The number of hydrogen-bond acceptors (Lipinski definition) is 2. The molecule has 0 aromatic heterocycles. The van der Waals surface area contributed by atoms with Crippen molar-refractivity contribution in [3.05, 3.63) is 123 Å². The quantitative estimate of drug-likeness (QED) is 0.193. The molecule has 0 bridgehead atoms. The van der Waals surface area contributed by atoms with Gasteiger partial charge >= 0.3 is 0 Å². The molecule has 5 aromatic carbocycles. The van der Waals surface area contributed by atoms with Crippen molar-refractivity contribution in [3.8, 4) is 11.1 Å². The lowest BCUT2D eigenvalue weighted by Gasteiger charge is -2.37.